The summed E-state index contributed by atoms with van der Waals surface area (Å²) in [6.45, 7) is 10.6. The number of hydrogen-bond acceptors (Lipinski definition) is 6. The molecule has 192 valence electrons. The smallest absolute Gasteiger partial charge is 0.290 e. The van der Waals surface area contributed by atoms with E-state index in [1.807, 2.05) is 56.9 Å². The number of hydrogen-bond donors (Lipinski definition) is 0. The van der Waals surface area contributed by atoms with Gasteiger partial charge in [0.1, 0.15) is 0 Å². The number of nitrogens with zero attached hydrogens (tertiary/aromatic N) is 1. The first-order valence-electron chi connectivity index (χ1n) is 12.7. The van der Waals surface area contributed by atoms with Gasteiger partial charge in [0.25, 0.3) is 5.91 Å². The Morgan fingerprint density at radius 3 is 2.14 bits per heavy atom. The highest BCUT2D eigenvalue weighted by atomic mass is 16.5. The summed E-state index contributed by atoms with van der Waals surface area (Å²) in [6, 6.07) is 13.3. The second-order valence-corrected chi connectivity index (χ2v) is 8.46. The monoisotopic (exact) mass is 493 g/mol. The Morgan fingerprint density at radius 2 is 1.50 bits per heavy atom. The van der Waals surface area contributed by atoms with Crippen molar-refractivity contribution in [2.75, 3.05) is 33.0 Å². The second kappa shape index (κ2) is 11.9. The molecule has 1 amide bonds. The van der Waals surface area contributed by atoms with E-state index in [1.54, 1.807) is 12.1 Å². The van der Waals surface area contributed by atoms with Crippen LogP contribution >= 0.6 is 0 Å². The molecule has 0 saturated heterocycles. The largest absolute Gasteiger partial charge is 0.490 e. The molecule has 1 aliphatic rings. The van der Waals surface area contributed by atoms with E-state index in [1.165, 1.54) is 6.26 Å². The van der Waals surface area contributed by atoms with Crippen molar-refractivity contribution in [3.05, 3.63) is 71.2 Å². The molecule has 1 aromatic heterocycles. The van der Waals surface area contributed by atoms with E-state index in [9.17, 15) is 4.79 Å². The van der Waals surface area contributed by atoms with Crippen LogP contribution in [0, 0.1) is 0 Å². The van der Waals surface area contributed by atoms with Gasteiger partial charge in [0.05, 0.1) is 38.7 Å². The molecule has 0 aliphatic carbocycles. The molecule has 7 heteroatoms. The maximum absolute atomic E-state index is 13.5. The highest BCUT2D eigenvalue weighted by Gasteiger charge is 2.34. The molecule has 4 rings (SSSR count). The molecule has 0 bridgehead atoms. The molecule has 0 saturated carbocycles. The van der Waals surface area contributed by atoms with Gasteiger partial charge in [0, 0.05) is 6.54 Å². The molecule has 0 unspecified atom stereocenters. The predicted molar refractivity (Wildman–Crippen MR) is 137 cm³/mol. The van der Waals surface area contributed by atoms with Crippen LogP contribution in [0.4, 0.5) is 0 Å². The zero-order chi connectivity index (χ0) is 25.5. The highest BCUT2D eigenvalue weighted by molar-refractivity contribution is 5.92. The SMILES string of the molecule is CCOc1ccc(C[C@H]2c3cc(OCC)c(OCC)cc3CCN2C(=O)c2ccco2)cc1OCC. The van der Waals surface area contributed by atoms with Gasteiger partial charge in [0.2, 0.25) is 0 Å². The van der Waals surface area contributed by atoms with Crippen LogP contribution in [0.5, 0.6) is 23.0 Å². The van der Waals surface area contributed by atoms with Crippen LogP contribution in [-0.4, -0.2) is 43.8 Å². The number of amides is 1. The van der Waals surface area contributed by atoms with E-state index in [-0.39, 0.29) is 11.9 Å². The fourth-order valence-electron chi connectivity index (χ4n) is 4.70. The molecule has 2 aromatic carbocycles. The fraction of sp³-hybridized carbons (Fsp3) is 0.414. The van der Waals surface area contributed by atoms with Gasteiger partial charge < -0.3 is 28.3 Å². The van der Waals surface area contributed by atoms with Gasteiger partial charge in [-0.05, 0) is 93.6 Å². The first-order chi connectivity index (χ1) is 17.6. The van der Waals surface area contributed by atoms with E-state index in [4.69, 9.17) is 23.4 Å². The van der Waals surface area contributed by atoms with Gasteiger partial charge in [-0.3, -0.25) is 4.79 Å². The molecule has 0 radical (unpaired) electrons. The van der Waals surface area contributed by atoms with E-state index >= 15 is 0 Å². The van der Waals surface area contributed by atoms with Crippen molar-refractivity contribution in [1.82, 2.24) is 4.90 Å². The van der Waals surface area contributed by atoms with E-state index in [0.29, 0.717) is 56.7 Å². The minimum absolute atomic E-state index is 0.126. The van der Waals surface area contributed by atoms with Crippen molar-refractivity contribution >= 4 is 5.91 Å². The predicted octanol–water partition coefficient (Wildman–Crippen LogP) is 5.86. The molecule has 0 N–H and O–H groups in total. The van der Waals surface area contributed by atoms with Crippen molar-refractivity contribution in [2.24, 2.45) is 0 Å². The van der Waals surface area contributed by atoms with Gasteiger partial charge in [-0.1, -0.05) is 6.07 Å². The summed E-state index contributed by atoms with van der Waals surface area (Å²) >= 11 is 0. The fourth-order valence-corrected chi connectivity index (χ4v) is 4.70. The molecule has 7 nitrogen and oxygen atoms in total. The van der Waals surface area contributed by atoms with Gasteiger partial charge in [0.15, 0.2) is 28.8 Å². The van der Waals surface area contributed by atoms with Crippen LogP contribution in [0.15, 0.2) is 53.1 Å². The molecular weight excluding hydrogens is 458 g/mol. The lowest BCUT2D eigenvalue weighted by atomic mass is 9.87. The van der Waals surface area contributed by atoms with Crippen LogP contribution in [0.25, 0.3) is 0 Å². The number of fused-ring (bicyclic) bond motifs is 1. The summed E-state index contributed by atoms with van der Waals surface area (Å²) in [5.41, 5.74) is 3.26. The first-order valence-corrected chi connectivity index (χ1v) is 12.7. The number of ether oxygens (including phenoxy) is 4. The lowest BCUT2D eigenvalue weighted by molar-refractivity contribution is 0.0626. The lowest BCUT2D eigenvalue weighted by Gasteiger charge is -2.37. The van der Waals surface area contributed by atoms with Crippen molar-refractivity contribution < 1.29 is 28.2 Å². The summed E-state index contributed by atoms with van der Waals surface area (Å²) in [5, 5.41) is 0. The standard InChI is InChI=1S/C29H35NO6/c1-5-32-24-12-11-20(17-26(24)33-6-2)16-23-22-19-28(35-8-4)27(34-7-3)18-21(22)13-14-30(23)29(31)25-10-9-15-36-25/h9-12,15,17-19,23H,5-8,13-14,16H2,1-4H3/t23-/m0/s1. The Kier molecular flexibility index (Phi) is 8.41. The summed E-state index contributed by atoms with van der Waals surface area (Å²) < 4.78 is 28.9. The normalized spacial score (nSPS) is 14.8. The Morgan fingerprint density at radius 1 is 0.861 bits per heavy atom. The van der Waals surface area contributed by atoms with Crippen molar-refractivity contribution in [3.63, 3.8) is 0 Å². The topological polar surface area (TPSA) is 70.4 Å². The Hall–Kier alpha value is -3.61. The lowest BCUT2D eigenvalue weighted by Crippen LogP contribution is -2.41. The van der Waals surface area contributed by atoms with Crippen LogP contribution in [-0.2, 0) is 12.8 Å². The zero-order valence-electron chi connectivity index (χ0n) is 21.5. The first kappa shape index (κ1) is 25.5. The Balaban J connectivity index is 1.76. The summed E-state index contributed by atoms with van der Waals surface area (Å²) in [7, 11) is 0. The van der Waals surface area contributed by atoms with Crippen LogP contribution in [0.2, 0.25) is 0 Å². The third-order valence-electron chi connectivity index (χ3n) is 6.19. The Labute approximate surface area is 212 Å². The van der Waals surface area contributed by atoms with Gasteiger partial charge in [-0.2, -0.15) is 0 Å². The highest BCUT2D eigenvalue weighted by Crippen LogP contribution is 2.41. The number of furan rings is 1. The minimum Gasteiger partial charge on any atom is -0.490 e. The number of rotatable bonds is 11. The van der Waals surface area contributed by atoms with E-state index in [2.05, 4.69) is 6.07 Å². The third-order valence-corrected chi connectivity index (χ3v) is 6.19. The summed E-state index contributed by atoms with van der Waals surface area (Å²) in [6.07, 6.45) is 2.85. The zero-order valence-corrected chi connectivity index (χ0v) is 21.5. The maximum Gasteiger partial charge on any atom is 0.290 e. The average molecular weight is 494 g/mol. The van der Waals surface area contributed by atoms with Crippen molar-refractivity contribution in [1.29, 1.82) is 0 Å². The summed E-state index contributed by atoms with van der Waals surface area (Å²) in [4.78, 5) is 15.4. The number of benzene rings is 2. The third kappa shape index (κ3) is 5.45. The van der Waals surface area contributed by atoms with Gasteiger partial charge in [-0.25, -0.2) is 0 Å². The van der Waals surface area contributed by atoms with Crippen molar-refractivity contribution in [2.45, 2.75) is 46.6 Å². The maximum atomic E-state index is 13.5. The second-order valence-electron chi connectivity index (χ2n) is 8.46. The molecule has 3 aromatic rings. The quantitative estimate of drug-likeness (QED) is 0.333. The van der Waals surface area contributed by atoms with E-state index in [0.717, 1.165) is 34.6 Å². The molecule has 1 atom stereocenters. The average Bonchev–Trinajstić information content (AvgIpc) is 3.42. The van der Waals surface area contributed by atoms with E-state index < -0.39 is 0 Å². The molecular formula is C29H35NO6. The number of carbonyl (C=O) groups is 1. The summed E-state index contributed by atoms with van der Waals surface area (Å²) in [5.74, 6) is 3.06. The van der Waals surface area contributed by atoms with Gasteiger partial charge in [-0.15, -0.1) is 0 Å². The Bertz CT molecular complexity index is 1160. The molecule has 2 heterocycles. The molecule has 1 aliphatic heterocycles. The molecule has 0 fully saturated rings. The van der Waals surface area contributed by atoms with Crippen LogP contribution in [0.1, 0.15) is 61.0 Å². The van der Waals surface area contributed by atoms with Gasteiger partial charge >= 0.3 is 0 Å². The minimum atomic E-state index is -0.214. The van der Waals surface area contributed by atoms with Crippen molar-refractivity contribution in [3.8, 4) is 23.0 Å². The molecule has 36 heavy (non-hydrogen) atoms. The van der Waals surface area contributed by atoms with Crippen LogP contribution < -0.4 is 18.9 Å². The van der Waals surface area contributed by atoms with Crippen LogP contribution in [0.3, 0.4) is 0 Å². The number of carbonyl (C=O) groups excluding carboxylic acids is 1. The molecule has 0 spiro atoms.